The first kappa shape index (κ1) is 88.8. The molecule has 0 aromatic heterocycles. The molecular formula is H3N111. The van der Waals surface area contributed by atoms with Crippen molar-refractivity contribution in [2.45, 2.75) is 0 Å². The molecule has 558 valence electrons. The fraction of sp³-hybridized carbons (Fsp3) is 0. The maximum absolute atomic E-state index is 6.27. The summed E-state index contributed by atoms with van der Waals surface area (Å²) >= 11 is 0. The highest BCUT2D eigenvalue weighted by Gasteiger charge is 1.81. The summed E-state index contributed by atoms with van der Waals surface area (Å²) in [4.78, 5) is 0. The van der Waals surface area contributed by atoms with Crippen LogP contribution in [0.5, 0.6) is 0 Å². The molecule has 0 aliphatic heterocycles. The third-order valence-electron chi connectivity index (χ3n) is 4.34. The molecule has 0 heterocycles. The van der Waals surface area contributed by atoms with Crippen LogP contribution in [0.1, 0.15) is 0 Å². The van der Waals surface area contributed by atoms with Gasteiger partial charge in [0.2, 0.25) is 0 Å². The maximum atomic E-state index is 6.27. The van der Waals surface area contributed by atoms with Gasteiger partial charge in [0.25, 0.3) is 0 Å². The van der Waals surface area contributed by atoms with Gasteiger partial charge in [-0.2, -0.15) is 5.53 Å². The van der Waals surface area contributed by atoms with Crippen molar-refractivity contribution in [3.8, 4) is 0 Å². The van der Waals surface area contributed by atoms with Crippen LogP contribution in [0.15, 0.2) is 569 Å². The van der Waals surface area contributed by atoms with Crippen molar-refractivity contribution in [1.29, 1.82) is 5.53 Å². The smallest absolute Gasteiger partial charge is 0 e. The molecule has 0 spiro atoms. The first-order valence-electron chi connectivity index (χ1n) is 22.1. The molecule has 111 heteroatoms. The number of hydrogen-bond acceptors (Lipinski definition) is 2. The van der Waals surface area contributed by atoms with E-state index in [1.807, 2.05) is 0 Å². The van der Waals surface area contributed by atoms with Gasteiger partial charge in [-0.15, -0.1) is 0 Å². The zero-order valence-electron chi connectivity index (χ0n) is 49.8. The fourth-order valence-corrected chi connectivity index (χ4v) is 1.92. The Hall–Kier alpha value is -22.2. The van der Waals surface area contributed by atoms with E-state index in [1.54, 1.807) is 0 Å². The van der Waals surface area contributed by atoms with Crippen LogP contribution in [0.3, 0.4) is 0 Å². The molecule has 0 saturated heterocycles. The maximum Gasteiger partial charge on any atom is 0 e. The Morgan fingerprint density at radius 2 is 0.117 bits per heavy atom. The van der Waals surface area contributed by atoms with Crippen molar-refractivity contribution < 1.29 is 0 Å². The van der Waals surface area contributed by atoms with E-state index in [1.165, 1.54) is 0 Å². The average Bonchev–Trinajstić information content (AvgIpc) is 3.81. The summed E-state index contributed by atoms with van der Waals surface area (Å²) in [5.74, 6) is 4.64. The minimum Gasteiger partial charge on any atom is -0.303 e. The monoisotopic (exact) mass is 1560 g/mol. The van der Waals surface area contributed by atoms with Gasteiger partial charge in [0, 0.05) is 486 Å². The van der Waals surface area contributed by atoms with Crippen LogP contribution in [-0.4, -0.2) is 0 Å². The lowest BCUT2D eigenvalue weighted by Crippen LogP contribution is -1.70. The minimum absolute atomic E-state index is 2.50. The predicted molar refractivity (Wildman–Crippen MR) is 272 cm³/mol. The Kier molecular flexibility index (Phi) is 70.2. The second-order valence-corrected chi connectivity index (χ2v) is 9.79. The Morgan fingerprint density at radius 3 is 0.162 bits per heavy atom. The van der Waals surface area contributed by atoms with E-state index >= 15 is 0 Å². The van der Waals surface area contributed by atoms with Crippen molar-refractivity contribution >= 4 is 0 Å². The molecule has 0 aliphatic rings. The largest absolute Gasteiger partial charge is 0.303 e. The highest BCUT2D eigenvalue weighted by Crippen LogP contribution is 1.99. The average molecular weight is 1560 g/mol. The van der Waals surface area contributed by atoms with E-state index in [-0.39, 0.29) is 0 Å². The molecule has 0 fully saturated rings. The van der Waals surface area contributed by atoms with Gasteiger partial charge in [0.1, 0.15) is 0 Å². The van der Waals surface area contributed by atoms with E-state index in [2.05, 4.69) is 575 Å². The summed E-state index contributed by atoms with van der Waals surface area (Å²) in [6.45, 7) is 0. The first-order valence-corrected chi connectivity index (χ1v) is 22.1. The van der Waals surface area contributed by atoms with E-state index in [4.69, 9.17) is 5.53 Å². The van der Waals surface area contributed by atoms with Crippen molar-refractivity contribution in [2.24, 2.45) is 575 Å². The van der Waals surface area contributed by atoms with E-state index in [9.17, 15) is 0 Å². The van der Waals surface area contributed by atoms with Gasteiger partial charge in [0.15, 0.2) is 0 Å². The van der Waals surface area contributed by atoms with Gasteiger partial charge in [-0.25, -0.2) is 0 Å². The fourth-order valence-electron chi connectivity index (χ4n) is 1.92. The van der Waals surface area contributed by atoms with Crippen LogP contribution in [0.2, 0.25) is 0 Å². The summed E-state index contributed by atoms with van der Waals surface area (Å²) in [6, 6.07) is 0. The summed E-state index contributed by atoms with van der Waals surface area (Å²) in [6.07, 6.45) is 0. The molecule has 0 unspecified atom stereocenters. The lowest BCUT2D eigenvalue weighted by molar-refractivity contribution is 0.723. The third kappa shape index (κ3) is 87.8. The first-order chi connectivity index (χ1) is 55.4. The van der Waals surface area contributed by atoms with Gasteiger partial charge in [-0.1, -0.05) is 5.22 Å². The van der Waals surface area contributed by atoms with Gasteiger partial charge >= 0.3 is 0 Å². The van der Waals surface area contributed by atoms with Gasteiger partial charge in [0.05, 0.1) is 0 Å². The van der Waals surface area contributed by atoms with Gasteiger partial charge in [-0.3, -0.25) is 0 Å². The highest BCUT2D eigenvalue weighted by atomic mass is 15.8. The number of nitrogens with zero attached hydrogens (tertiary/aromatic N) is 109. The molecule has 0 aliphatic carbocycles. The number of nitrogens with one attached hydrogen (secondary N) is 1. The van der Waals surface area contributed by atoms with Crippen molar-refractivity contribution in [2.75, 3.05) is 0 Å². The Balaban J connectivity index is 4.13. The summed E-state index contributed by atoms with van der Waals surface area (Å²) in [7, 11) is 0. The Bertz CT molecular complexity index is 4110. The lowest BCUT2D eigenvalue weighted by atomic mass is 12.3. The number of hydrogen-bond donors (Lipinski definition) is 2. The van der Waals surface area contributed by atoms with Crippen LogP contribution >= 0.6 is 0 Å². The highest BCUT2D eigenvalue weighted by molar-refractivity contribution is 4.24. The second kappa shape index (κ2) is 87.8. The molecule has 0 rings (SSSR count). The minimum atomic E-state index is 2.50. The van der Waals surface area contributed by atoms with E-state index in [0.29, 0.717) is 0 Å². The van der Waals surface area contributed by atoms with Crippen molar-refractivity contribution in [3.63, 3.8) is 0 Å². The van der Waals surface area contributed by atoms with Crippen LogP contribution in [-0.2, 0) is 0 Å². The summed E-state index contributed by atoms with van der Waals surface area (Å²) < 4.78 is 0. The normalized spacial score (nSPS) is 15.7. The Labute approximate surface area is 580 Å². The molecule has 111 nitrogen and oxygen atoms in total. The molecule has 0 saturated carbocycles. The van der Waals surface area contributed by atoms with Crippen LogP contribution in [0, 0.1) is 5.53 Å². The quantitative estimate of drug-likeness (QED) is 0.0335. The molecule has 3 N–H and O–H groups in total. The molecule has 0 aromatic carbocycles. The van der Waals surface area contributed by atoms with Gasteiger partial charge in [-0.05, 0) is 78.3 Å². The summed E-state index contributed by atoms with van der Waals surface area (Å²) in [5.41, 5.74) is 6.27. The number of nitrogens with two attached hydrogens (primary N) is 1. The molecule has 0 aromatic rings. The topological polar surface area (TPSA) is 1400 Å². The predicted octanol–water partition coefficient (Wildman–Crippen LogP) is 19.7. The standard InChI is InChI=1S/H3N111/c1-3-5-7-9-11-13-15-17-19-21-23-25-27-29-31-33-35-37-39-41-43-45-47-49-51-53-55-57-59-61-63-65-67-69-71-73-75-77-79-81-83-85-87-89-91-93-95-97-99-101-103-105-107-109-111-110-108-106-104-102-100-98-96-94-92-90-88-86-84-82-80-78-76-74-72-70-68-66-64-62-60-58-56-54-52-50-48-46-44-42-40-38-36-34-32-30-28-26-24-22-20-18-16-14-12-10-8-6-4-2/h(H3,1,2,5,6,9,10,13,14,17,18,21,22,25,26,29,30,33,34,37,38,41,42,45,46,49,50,53,54,57,58,61,62,65,66,69,70,73,74,77,78,81,82,85,86,89,90,93,94,97,98,101,102,105,106,109,110). The van der Waals surface area contributed by atoms with Crippen molar-refractivity contribution in [1.82, 2.24) is 0 Å². The van der Waals surface area contributed by atoms with Crippen LogP contribution in [0.25, 0.3) is 0 Å². The third-order valence-corrected chi connectivity index (χ3v) is 4.34. The van der Waals surface area contributed by atoms with Gasteiger partial charge < -0.3 is 5.84 Å². The molecule has 0 atom stereocenters. The van der Waals surface area contributed by atoms with Crippen LogP contribution in [0.4, 0.5) is 0 Å². The van der Waals surface area contributed by atoms with Crippen molar-refractivity contribution in [3.05, 3.63) is 0 Å². The zero-order valence-corrected chi connectivity index (χ0v) is 49.8. The SMILES string of the molecule is N=N/N=N/N=N/N=N/N=N/N=N/N=N/N=N/N=N/N=N/N=N/N=N/N=N/N=N/N=N/N=N/N=N/N=N/N=N/N=N/N=N/N=N/N=N/N=N/N=N/N=N/N=N/N=N/N=N/N=N/N=N/N=N/N=N/N=N/N=N/N=N/N=N/N=N/N=N/N=N/N=N/N=N/N=N/N=N/N=N/N=N/N=N/N=N/N=N/N=N/N=N/N=N/N=N/N=N/N=N/N. The van der Waals surface area contributed by atoms with Crippen LogP contribution < -0.4 is 5.84 Å². The van der Waals surface area contributed by atoms with E-state index < -0.39 is 0 Å². The molecule has 0 radical (unpaired) electrons. The summed E-state index contributed by atoms with van der Waals surface area (Å²) in [5, 5.41) is 325. The molecule has 111 heavy (non-hydrogen) atoms. The molecule has 0 amide bonds. The Morgan fingerprint density at radius 1 is 0.0721 bits per heavy atom. The zero-order chi connectivity index (χ0) is 79.1. The number of rotatable bonds is 54. The molecule has 0 bridgehead atoms. The lowest BCUT2D eigenvalue weighted by Gasteiger charge is -1.71. The second-order valence-electron chi connectivity index (χ2n) is 9.79. The van der Waals surface area contributed by atoms with E-state index in [0.717, 1.165) is 0 Å². The molecular weight excluding hydrogens is 1550 g/mol.